The van der Waals surface area contributed by atoms with Crippen LogP contribution in [0.2, 0.25) is 0 Å². The normalized spacial score (nSPS) is 21.0. The number of thiocarbonyl (C=S) groups is 1. The summed E-state index contributed by atoms with van der Waals surface area (Å²) >= 11 is 8.70. The quantitative estimate of drug-likeness (QED) is 0.266. The van der Waals surface area contributed by atoms with Gasteiger partial charge in [0.25, 0.3) is 6.17 Å². The van der Waals surface area contributed by atoms with Gasteiger partial charge >= 0.3 is 0 Å². The molecule has 6 heteroatoms. The van der Waals surface area contributed by atoms with Crippen molar-refractivity contribution in [3.8, 4) is 0 Å². The molecule has 0 bridgehead atoms. The van der Waals surface area contributed by atoms with Crippen LogP contribution in [-0.2, 0) is 6.54 Å². The van der Waals surface area contributed by atoms with E-state index in [0.717, 1.165) is 19.5 Å². The number of thioether (sulfide) groups is 1. The molecule has 23 heavy (non-hydrogen) atoms. The van der Waals surface area contributed by atoms with Crippen LogP contribution in [0, 0.1) is 5.21 Å². The number of hydroxylamine groups is 1. The van der Waals surface area contributed by atoms with Crippen LogP contribution in [0.5, 0.6) is 0 Å². The first-order valence-corrected chi connectivity index (χ1v) is 9.45. The van der Waals surface area contributed by atoms with Crippen molar-refractivity contribution in [3.05, 3.63) is 63.5 Å². The van der Waals surface area contributed by atoms with Crippen LogP contribution in [-0.4, -0.2) is 31.1 Å². The molecule has 3 rings (SSSR count). The largest absolute Gasteiger partial charge is 0.622 e. The van der Waals surface area contributed by atoms with E-state index >= 15 is 0 Å². The summed E-state index contributed by atoms with van der Waals surface area (Å²) < 4.78 is 1.58. The van der Waals surface area contributed by atoms with Gasteiger partial charge in [0, 0.05) is 0 Å². The number of hydrogen-bond donors (Lipinski definition) is 0. The van der Waals surface area contributed by atoms with E-state index in [0.29, 0.717) is 6.54 Å². The highest BCUT2D eigenvalue weighted by Crippen LogP contribution is 2.42. The van der Waals surface area contributed by atoms with Gasteiger partial charge in [-0.2, -0.15) is 4.74 Å². The molecule has 1 fully saturated rings. The zero-order valence-corrected chi connectivity index (χ0v) is 15.5. The van der Waals surface area contributed by atoms with Crippen molar-refractivity contribution in [1.29, 1.82) is 0 Å². The maximum Gasteiger partial charge on any atom is 0.254 e. The zero-order valence-electron chi connectivity index (χ0n) is 13.0. The van der Waals surface area contributed by atoms with Crippen molar-refractivity contribution in [2.75, 3.05) is 0 Å². The van der Waals surface area contributed by atoms with Crippen molar-refractivity contribution < 1.29 is 4.74 Å². The molecule has 1 aliphatic rings. The smallest absolute Gasteiger partial charge is 0.254 e. The van der Waals surface area contributed by atoms with Gasteiger partial charge < -0.3 is 5.21 Å². The van der Waals surface area contributed by atoms with Crippen LogP contribution >= 0.6 is 35.3 Å². The lowest BCUT2D eigenvalue weighted by Crippen LogP contribution is -2.47. The maximum atomic E-state index is 12.8. The SMILES string of the molecule is CC1(C)SC(=S)N(Cc2ccccc2)C1[N+]([O-])=Cc1cccs1. The van der Waals surface area contributed by atoms with Gasteiger partial charge in [-0.3, -0.25) is 4.90 Å². The Morgan fingerprint density at radius 2 is 2.00 bits per heavy atom. The topological polar surface area (TPSA) is 29.3 Å². The summed E-state index contributed by atoms with van der Waals surface area (Å²) in [7, 11) is 0. The second kappa shape index (κ2) is 6.63. The summed E-state index contributed by atoms with van der Waals surface area (Å²) in [5.41, 5.74) is 1.16. The summed E-state index contributed by atoms with van der Waals surface area (Å²) in [5.74, 6) is 0. The van der Waals surface area contributed by atoms with Crippen LogP contribution in [0.3, 0.4) is 0 Å². The number of hydrogen-bond acceptors (Lipinski definition) is 4. The van der Waals surface area contributed by atoms with Crippen LogP contribution in [0.15, 0.2) is 47.8 Å². The predicted molar refractivity (Wildman–Crippen MR) is 103 cm³/mol. The second-order valence-corrected chi connectivity index (χ2v) is 9.23. The highest BCUT2D eigenvalue weighted by Gasteiger charge is 2.50. The van der Waals surface area contributed by atoms with Gasteiger partial charge in [0.15, 0.2) is 6.21 Å². The molecular formula is C17H18N2OS3. The molecule has 1 atom stereocenters. The van der Waals surface area contributed by atoms with Crippen molar-refractivity contribution >= 4 is 45.9 Å². The Morgan fingerprint density at radius 1 is 1.26 bits per heavy atom. The Hall–Kier alpha value is -1.37. The Balaban J connectivity index is 1.91. The molecule has 2 aromatic rings. The van der Waals surface area contributed by atoms with Crippen LogP contribution in [0.1, 0.15) is 24.3 Å². The Bertz CT molecular complexity index is 711. The third-order valence-electron chi connectivity index (χ3n) is 3.74. The monoisotopic (exact) mass is 362 g/mol. The molecule has 0 amide bonds. The van der Waals surface area contributed by atoms with Gasteiger partial charge in [-0.05, 0) is 30.9 Å². The summed E-state index contributed by atoms with van der Waals surface area (Å²) in [6, 6.07) is 14.0. The summed E-state index contributed by atoms with van der Waals surface area (Å²) in [6.07, 6.45) is 1.35. The lowest BCUT2D eigenvalue weighted by molar-refractivity contribution is -0.524. The van der Waals surface area contributed by atoms with E-state index in [2.05, 4.69) is 26.0 Å². The standard InChI is InChI=1S/C17H18N2OS3/c1-17(2)15(19(20)12-14-9-6-10-22-14)18(16(21)23-17)11-13-7-4-3-5-8-13/h3-10,12,15H,11H2,1-2H3. The summed E-state index contributed by atoms with van der Waals surface area (Å²) in [4.78, 5) is 2.99. The van der Waals surface area contributed by atoms with E-state index < -0.39 is 0 Å². The van der Waals surface area contributed by atoms with E-state index in [4.69, 9.17) is 12.2 Å². The lowest BCUT2D eigenvalue weighted by Gasteiger charge is -2.29. The molecule has 0 N–H and O–H groups in total. The van der Waals surface area contributed by atoms with E-state index in [1.165, 1.54) is 0 Å². The van der Waals surface area contributed by atoms with E-state index in [1.807, 2.05) is 40.6 Å². The minimum absolute atomic E-state index is 0.263. The average Bonchev–Trinajstić information content (AvgIpc) is 3.06. The van der Waals surface area contributed by atoms with Crippen LogP contribution < -0.4 is 0 Å². The molecule has 0 spiro atoms. The lowest BCUT2D eigenvalue weighted by atomic mass is 10.1. The fourth-order valence-electron chi connectivity index (χ4n) is 2.75. The second-order valence-electron chi connectivity index (χ2n) is 5.96. The summed E-state index contributed by atoms with van der Waals surface area (Å²) in [6.45, 7) is 4.80. The number of benzene rings is 1. The van der Waals surface area contributed by atoms with Crippen molar-refractivity contribution in [1.82, 2.24) is 4.90 Å². The summed E-state index contributed by atoms with van der Waals surface area (Å²) in [5, 5.41) is 14.8. The first kappa shape index (κ1) is 16.5. The molecular weight excluding hydrogens is 344 g/mol. The number of thiophene rings is 1. The number of nitrogens with zero attached hydrogens (tertiary/aromatic N) is 2. The van der Waals surface area contributed by atoms with Gasteiger partial charge in [0.05, 0.1) is 11.4 Å². The van der Waals surface area contributed by atoms with E-state index in [-0.39, 0.29) is 10.9 Å². The van der Waals surface area contributed by atoms with Crippen molar-refractivity contribution in [2.24, 2.45) is 0 Å². The molecule has 1 unspecified atom stereocenters. The average molecular weight is 363 g/mol. The third-order valence-corrected chi connectivity index (χ3v) is 6.17. The minimum atomic E-state index is -0.317. The van der Waals surface area contributed by atoms with Gasteiger partial charge in [-0.25, -0.2) is 0 Å². The Labute approximate surface area is 150 Å². The van der Waals surface area contributed by atoms with Gasteiger partial charge in [-0.1, -0.05) is 60.4 Å². The third kappa shape index (κ3) is 3.59. The van der Waals surface area contributed by atoms with Crippen molar-refractivity contribution in [2.45, 2.75) is 31.3 Å². The first-order valence-electron chi connectivity index (χ1n) is 7.35. The zero-order chi connectivity index (χ0) is 16.4. The molecule has 0 radical (unpaired) electrons. The maximum absolute atomic E-state index is 12.8. The van der Waals surface area contributed by atoms with E-state index in [9.17, 15) is 5.21 Å². The number of rotatable bonds is 4. The van der Waals surface area contributed by atoms with E-state index in [1.54, 1.807) is 29.3 Å². The Morgan fingerprint density at radius 3 is 2.65 bits per heavy atom. The van der Waals surface area contributed by atoms with Crippen LogP contribution in [0.25, 0.3) is 0 Å². The molecule has 0 aliphatic carbocycles. The highest BCUT2D eigenvalue weighted by molar-refractivity contribution is 8.24. The molecule has 1 saturated heterocycles. The molecule has 1 aromatic heterocycles. The molecule has 3 nitrogen and oxygen atoms in total. The van der Waals surface area contributed by atoms with Gasteiger partial charge in [0.2, 0.25) is 0 Å². The fourth-order valence-corrected chi connectivity index (χ4v) is 5.26. The highest BCUT2D eigenvalue weighted by atomic mass is 32.2. The molecule has 1 aliphatic heterocycles. The molecule has 120 valence electrons. The minimum Gasteiger partial charge on any atom is -0.622 e. The first-order chi connectivity index (χ1) is 11.0. The van der Waals surface area contributed by atoms with Crippen LogP contribution in [0.4, 0.5) is 0 Å². The molecule has 2 heterocycles. The van der Waals surface area contributed by atoms with Crippen molar-refractivity contribution in [3.63, 3.8) is 0 Å². The van der Waals surface area contributed by atoms with Gasteiger partial charge in [0.1, 0.15) is 9.07 Å². The predicted octanol–water partition coefficient (Wildman–Crippen LogP) is 4.32. The molecule has 0 saturated carbocycles. The van der Waals surface area contributed by atoms with Gasteiger partial charge in [-0.15, -0.1) is 11.3 Å². The molecule has 1 aromatic carbocycles. The fraction of sp³-hybridized carbons (Fsp3) is 0.294. The Kier molecular flexibility index (Phi) is 4.75.